The molecule has 118 valence electrons. The van der Waals surface area contributed by atoms with E-state index in [0.717, 1.165) is 23.1 Å². The number of amides is 1. The topological polar surface area (TPSA) is 38.3 Å². The SMILES string of the molecule is COc1ccccc1CNC(=O)C1C2CC3CC(C2)CC1C3. The smallest absolute Gasteiger partial charge is 0.223 e. The van der Waals surface area contributed by atoms with Crippen molar-refractivity contribution in [1.29, 1.82) is 0 Å². The summed E-state index contributed by atoms with van der Waals surface area (Å²) in [5.41, 5.74) is 1.06. The fourth-order valence-corrected chi connectivity index (χ4v) is 5.50. The molecule has 1 amide bonds. The predicted octanol–water partition coefficient (Wildman–Crippen LogP) is 3.38. The standard InChI is InChI=1S/C19H25NO2/c1-22-17-5-3-2-4-14(17)11-20-19(21)18-15-7-12-6-13(9-15)10-16(18)8-12/h2-5,12-13,15-16,18H,6-11H2,1H3,(H,20,21). The molecule has 4 bridgehead atoms. The highest BCUT2D eigenvalue weighted by molar-refractivity contribution is 5.79. The fraction of sp³-hybridized carbons (Fsp3) is 0.632. The van der Waals surface area contributed by atoms with Crippen LogP contribution < -0.4 is 10.1 Å². The summed E-state index contributed by atoms with van der Waals surface area (Å²) >= 11 is 0. The molecule has 4 aliphatic rings. The number of carbonyl (C=O) groups is 1. The molecule has 0 aliphatic heterocycles. The molecule has 0 saturated heterocycles. The maximum absolute atomic E-state index is 12.8. The van der Waals surface area contributed by atoms with Gasteiger partial charge in [0.05, 0.1) is 7.11 Å². The Labute approximate surface area is 132 Å². The van der Waals surface area contributed by atoms with Gasteiger partial charge in [-0.05, 0) is 61.8 Å². The zero-order chi connectivity index (χ0) is 15.1. The minimum atomic E-state index is 0.266. The molecule has 4 saturated carbocycles. The second kappa shape index (κ2) is 5.60. The first-order valence-electron chi connectivity index (χ1n) is 8.64. The average Bonchev–Trinajstić information content (AvgIpc) is 2.52. The molecule has 1 aromatic carbocycles. The fourth-order valence-electron chi connectivity index (χ4n) is 5.50. The number of benzene rings is 1. The lowest BCUT2D eigenvalue weighted by atomic mass is 9.51. The molecule has 4 aliphatic carbocycles. The third-order valence-corrected chi connectivity index (χ3v) is 6.18. The zero-order valence-electron chi connectivity index (χ0n) is 13.3. The van der Waals surface area contributed by atoms with Crippen molar-refractivity contribution >= 4 is 5.91 Å². The van der Waals surface area contributed by atoms with Crippen molar-refractivity contribution < 1.29 is 9.53 Å². The largest absolute Gasteiger partial charge is 0.496 e. The van der Waals surface area contributed by atoms with Gasteiger partial charge >= 0.3 is 0 Å². The van der Waals surface area contributed by atoms with Crippen molar-refractivity contribution in [2.75, 3.05) is 7.11 Å². The summed E-state index contributed by atoms with van der Waals surface area (Å²) in [6.07, 6.45) is 6.60. The lowest BCUT2D eigenvalue weighted by molar-refractivity contribution is -0.138. The van der Waals surface area contributed by atoms with E-state index in [1.54, 1.807) is 7.11 Å². The Morgan fingerprint density at radius 3 is 2.36 bits per heavy atom. The first-order chi connectivity index (χ1) is 10.7. The molecule has 3 heteroatoms. The number of carbonyl (C=O) groups excluding carboxylic acids is 1. The van der Waals surface area contributed by atoms with Crippen LogP contribution in [0.1, 0.15) is 37.7 Å². The number of hydrogen-bond donors (Lipinski definition) is 1. The summed E-state index contributed by atoms with van der Waals surface area (Å²) in [6, 6.07) is 7.93. The van der Waals surface area contributed by atoms with Gasteiger partial charge in [0.2, 0.25) is 5.91 Å². The molecule has 4 fully saturated rings. The molecule has 0 spiro atoms. The number of ether oxygens (including phenoxy) is 1. The summed E-state index contributed by atoms with van der Waals surface area (Å²) < 4.78 is 5.37. The van der Waals surface area contributed by atoms with E-state index in [9.17, 15) is 4.79 Å². The normalized spacial score (nSPS) is 35.4. The third-order valence-electron chi connectivity index (χ3n) is 6.18. The van der Waals surface area contributed by atoms with Crippen molar-refractivity contribution in [1.82, 2.24) is 5.32 Å². The summed E-state index contributed by atoms with van der Waals surface area (Å²) in [6.45, 7) is 0.575. The molecular weight excluding hydrogens is 274 g/mol. The Kier molecular flexibility index (Phi) is 3.59. The summed E-state index contributed by atoms with van der Waals surface area (Å²) in [5, 5.41) is 3.18. The van der Waals surface area contributed by atoms with E-state index in [2.05, 4.69) is 5.32 Å². The highest BCUT2D eigenvalue weighted by atomic mass is 16.5. The maximum Gasteiger partial charge on any atom is 0.223 e. The number of para-hydroxylation sites is 1. The molecule has 22 heavy (non-hydrogen) atoms. The van der Waals surface area contributed by atoms with Gasteiger partial charge in [-0.3, -0.25) is 4.79 Å². The number of rotatable bonds is 4. The van der Waals surface area contributed by atoms with Crippen molar-refractivity contribution in [3.63, 3.8) is 0 Å². The molecule has 1 aromatic rings. The molecular formula is C19H25NO2. The van der Waals surface area contributed by atoms with Crippen LogP contribution >= 0.6 is 0 Å². The van der Waals surface area contributed by atoms with E-state index >= 15 is 0 Å². The Hall–Kier alpha value is -1.51. The molecule has 0 unspecified atom stereocenters. The van der Waals surface area contributed by atoms with Crippen LogP contribution in [0.25, 0.3) is 0 Å². The van der Waals surface area contributed by atoms with Crippen LogP contribution in [0.2, 0.25) is 0 Å². The Balaban J connectivity index is 1.42. The van der Waals surface area contributed by atoms with Gasteiger partial charge in [-0.15, -0.1) is 0 Å². The number of methoxy groups -OCH3 is 1. The highest BCUT2D eigenvalue weighted by Gasteiger charge is 2.50. The maximum atomic E-state index is 12.8. The summed E-state index contributed by atoms with van der Waals surface area (Å²) in [7, 11) is 1.68. The molecule has 0 heterocycles. The second-order valence-corrected chi connectivity index (χ2v) is 7.49. The Morgan fingerprint density at radius 1 is 1.09 bits per heavy atom. The van der Waals surface area contributed by atoms with E-state index in [-0.39, 0.29) is 11.8 Å². The van der Waals surface area contributed by atoms with Crippen LogP contribution in [-0.2, 0) is 11.3 Å². The van der Waals surface area contributed by atoms with Gasteiger partial charge in [0, 0.05) is 18.0 Å². The van der Waals surface area contributed by atoms with Crippen molar-refractivity contribution in [2.24, 2.45) is 29.6 Å². The second-order valence-electron chi connectivity index (χ2n) is 7.49. The van der Waals surface area contributed by atoms with Gasteiger partial charge in [-0.1, -0.05) is 18.2 Å². The van der Waals surface area contributed by atoms with Crippen LogP contribution in [-0.4, -0.2) is 13.0 Å². The van der Waals surface area contributed by atoms with Crippen LogP contribution in [0.3, 0.4) is 0 Å². The minimum absolute atomic E-state index is 0.266. The van der Waals surface area contributed by atoms with Crippen LogP contribution in [0.4, 0.5) is 0 Å². The van der Waals surface area contributed by atoms with Crippen molar-refractivity contribution in [3.8, 4) is 5.75 Å². The monoisotopic (exact) mass is 299 g/mol. The van der Waals surface area contributed by atoms with E-state index in [4.69, 9.17) is 4.74 Å². The van der Waals surface area contributed by atoms with E-state index in [1.807, 2.05) is 24.3 Å². The third kappa shape index (κ3) is 2.41. The van der Waals surface area contributed by atoms with Gasteiger partial charge in [0.1, 0.15) is 5.75 Å². The lowest BCUT2D eigenvalue weighted by Gasteiger charge is -2.53. The molecule has 0 radical (unpaired) electrons. The number of hydrogen-bond acceptors (Lipinski definition) is 2. The first-order valence-corrected chi connectivity index (χ1v) is 8.64. The van der Waals surface area contributed by atoms with Gasteiger partial charge in [-0.25, -0.2) is 0 Å². The van der Waals surface area contributed by atoms with Gasteiger partial charge in [0.25, 0.3) is 0 Å². The van der Waals surface area contributed by atoms with Crippen molar-refractivity contribution in [3.05, 3.63) is 29.8 Å². The quantitative estimate of drug-likeness (QED) is 0.925. The first kappa shape index (κ1) is 14.1. The zero-order valence-corrected chi connectivity index (χ0v) is 13.3. The van der Waals surface area contributed by atoms with Gasteiger partial charge in [0.15, 0.2) is 0 Å². The van der Waals surface area contributed by atoms with Gasteiger partial charge < -0.3 is 10.1 Å². The van der Waals surface area contributed by atoms with Crippen LogP contribution in [0, 0.1) is 29.6 Å². The van der Waals surface area contributed by atoms with Crippen LogP contribution in [0.15, 0.2) is 24.3 Å². The highest BCUT2D eigenvalue weighted by Crippen LogP contribution is 2.56. The molecule has 3 nitrogen and oxygen atoms in total. The number of nitrogens with one attached hydrogen (secondary N) is 1. The average molecular weight is 299 g/mol. The van der Waals surface area contributed by atoms with Gasteiger partial charge in [-0.2, -0.15) is 0 Å². The summed E-state index contributed by atoms with van der Waals surface area (Å²) in [5.74, 6) is 4.53. The predicted molar refractivity (Wildman–Crippen MR) is 85.4 cm³/mol. The molecule has 0 atom stereocenters. The molecule has 0 aromatic heterocycles. The molecule has 5 rings (SSSR count). The lowest BCUT2D eigenvalue weighted by Crippen LogP contribution is -2.50. The van der Waals surface area contributed by atoms with E-state index in [0.29, 0.717) is 18.4 Å². The minimum Gasteiger partial charge on any atom is -0.496 e. The van der Waals surface area contributed by atoms with E-state index < -0.39 is 0 Å². The van der Waals surface area contributed by atoms with E-state index in [1.165, 1.54) is 32.1 Å². The van der Waals surface area contributed by atoms with Crippen molar-refractivity contribution in [2.45, 2.75) is 38.6 Å². The Bertz CT molecular complexity index is 540. The summed E-state index contributed by atoms with van der Waals surface area (Å²) in [4.78, 5) is 12.8. The molecule has 1 N–H and O–H groups in total. The van der Waals surface area contributed by atoms with Crippen LogP contribution in [0.5, 0.6) is 5.75 Å². The Morgan fingerprint density at radius 2 is 1.73 bits per heavy atom.